The summed E-state index contributed by atoms with van der Waals surface area (Å²) in [6, 6.07) is 0.110. The Morgan fingerprint density at radius 2 is 2.32 bits per heavy atom. The van der Waals surface area contributed by atoms with E-state index >= 15 is 0 Å². The maximum Gasteiger partial charge on any atom is 0.223 e. The number of halogens is 1. The van der Waals surface area contributed by atoms with Crippen molar-refractivity contribution < 1.29 is 4.79 Å². The van der Waals surface area contributed by atoms with Gasteiger partial charge in [0.25, 0.3) is 0 Å². The number of anilines is 1. The number of nitrogen functional groups attached to an aromatic ring is 1. The molecule has 118 valence electrons. The number of alkyl halides is 1. The summed E-state index contributed by atoms with van der Waals surface area (Å²) in [6.45, 7) is 3.31. The quantitative estimate of drug-likeness (QED) is 0.865. The molecular weight excluding hydrogens is 304 g/mol. The SMILES string of the molecule is Cc1nn([C@@H]2CCCN(C(=O)CCCl)C2)c2ncnc(N)c12. The van der Waals surface area contributed by atoms with Gasteiger partial charge < -0.3 is 10.6 Å². The minimum atomic E-state index is 0.0991. The van der Waals surface area contributed by atoms with Gasteiger partial charge in [-0.2, -0.15) is 5.10 Å². The van der Waals surface area contributed by atoms with E-state index in [4.69, 9.17) is 17.3 Å². The van der Waals surface area contributed by atoms with E-state index in [1.54, 1.807) is 0 Å². The van der Waals surface area contributed by atoms with Gasteiger partial charge in [-0.15, -0.1) is 11.6 Å². The van der Waals surface area contributed by atoms with Gasteiger partial charge in [-0.1, -0.05) is 0 Å². The van der Waals surface area contributed by atoms with Gasteiger partial charge in [-0.25, -0.2) is 14.6 Å². The summed E-state index contributed by atoms with van der Waals surface area (Å²) in [5, 5.41) is 5.38. The first kappa shape index (κ1) is 15.0. The number of amides is 1. The van der Waals surface area contributed by atoms with Crippen molar-refractivity contribution in [1.82, 2.24) is 24.6 Å². The molecule has 3 rings (SSSR count). The average Bonchev–Trinajstić information content (AvgIpc) is 2.86. The molecule has 2 aromatic heterocycles. The Labute approximate surface area is 133 Å². The van der Waals surface area contributed by atoms with Crippen molar-refractivity contribution in [2.45, 2.75) is 32.2 Å². The highest BCUT2D eigenvalue weighted by Crippen LogP contribution is 2.28. The standard InChI is InChI=1S/C14H19ClN6O/c1-9-12-13(16)17-8-18-14(12)21(19-9)10-3-2-6-20(7-10)11(22)4-5-15/h8,10H,2-7H2,1H3,(H2,16,17,18)/t10-/m1/s1. The van der Waals surface area contributed by atoms with Crippen molar-refractivity contribution >= 4 is 34.4 Å². The van der Waals surface area contributed by atoms with Crippen molar-refractivity contribution in [2.24, 2.45) is 0 Å². The second kappa shape index (κ2) is 6.08. The molecule has 8 heteroatoms. The van der Waals surface area contributed by atoms with E-state index in [0.29, 0.717) is 24.7 Å². The lowest BCUT2D eigenvalue weighted by Crippen LogP contribution is -2.41. The van der Waals surface area contributed by atoms with Crippen LogP contribution in [-0.4, -0.2) is 49.5 Å². The van der Waals surface area contributed by atoms with E-state index in [2.05, 4.69) is 15.1 Å². The summed E-state index contributed by atoms with van der Waals surface area (Å²) in [5.74, 6) is 0.898. The molecule has 0 saturated carbocycles. The molecule has 1 aliphatic heterocycles. The summed E-state index contributed by atoms with van der Waals surface area (Å²) in [7, 11) is 0. The molecule has 2 N–H and O–H groups in total. The van der Waals surface area contributed by atoms with Crippen LogP contribution >= 0.6 is 11.6 Å². The molecule has 0 radical (unpaired) electrons. The van der Waals surface area contributed by atoms with Gasteiger partial charge in [0, 0.05) is 25.4 Å². The van der Waals surface area contributed by atoms with Crippen LogP contribution in [0.15, 0.2) is 6.33 Å². The van der Waals surface area contributed by atoms with Crippen molar-refractivity contribution in [1.29, 1.82) is 0 Å². The Kier molecular flexibility index (Phi) is 4.15. The molecule has 1 fully saturated rings. The van der Waals surface area contributed by atoms with Crippen LogP contribution in [0, 0.1) is 6.92 Å². The van der Waals surface area contributed by atoms with E-state index in [-0.39, 0.29) is 11.9 Å². The van der Waals surface area contributed by atoms with Crippen LogP contribution in [0.2, 0.25) is 0 Å². The molecule has 2 aromatic rings. The minimum absolute atomic E-state index is 0.0991. The maximum atomic E-state index is 12.1. The lowest BCUT2D eigenvalue weighted by atomic mass is 10.1. The Morgan fingerprint density at radius 3 is 3.09 bits per heavy atom. The van der Waals surface area contributed by atoms with Gasteiger partial charge in [0.1, 0.15) is 12.1 Å². The first-order valence-electron chi connectivity index (χ1n) is 7.41. The van der Waals surface area contributed by atoms with Crippen LogP contribution in [-0.2, 0) is 4.79 Å². The zero-order valence-corrected chi connectivity index (χ0v) is 13.3. The smallest absolute Gasteiger partial charge is 0.223 e. The molecule has 1 amide bonds. The Balaban J connectivity index is 1.91. The van der Waals surface area contributed by atoms with Crippen molar-refractivity contribution in [2.75, 3.05) is 24.7 Å². The predicted octanol–water partition coefficient (Wildman–Crippen LogP) is 1.51. The van der Waals surface area contributed by atoms with E-state index in [0.717, 1.165) is 36.1 Å². The van der Waals surface area contributed by atoms with Gasteiger partial charge in [-0.3, -0.25) is 4.79 Å². The fourth-order valence-electron chi connectivity index (χ4n) is 3.04. The molecule has 0 bridgehead atoms. The number of piperidine rings is 1. The fraction of sp³-hybridized carbons (Fsp3) is 0.571. The van der Waals surface area contributed by atoms with Crippen LogP contribution in [0.1, 0.15) is 31.0 Å². The van der Waals surface area contributed by atoms with Crippen LogP contribution in [0.5, 0.6) is 0 Å². The molecule has 0 aliphatic carbocycles. The summed E-state index contributed by atoms with van der Waals surface area (Å²) < 4.78 is 1.89. The number of nitrogens with zero attached hydrogens (tertiary/aromatic N) is 5. The maximum absolute atomic E-state index is 12.1. The molecule has 22 heavy (non-hydrogen) atoms. The number of hydrogen-bond donors (Lipinski definition) is 1. The van der Waals surface area contributed by atoms with E-state index in [1.807, 2.05) is 16.5 Å². The van der Waals surface area contributed by atoms with Crippen molar-refractivity contribution in [3.05, 3.63) is 12.0 Å². The topological polar surface area (TPSA) is 89.9 Å². The average molecular weight is 323 g/mol. The van der Waals surface area contributed by atoms with Crippen LogP contribution < -0.4 is 5.73 Å². The monoisotopic (exact) mass is 322 g/mol. The number of nitrogens with two attached hydrogens (primary N) is 1. The molecule has 1 saturated heterocycles. The van der Waals surface area contributed by atoms with Gasteiger partial charge in [0.05, 0.1) is 17.1 Å². The highest BCUT2D eigenvalue weighted by atomic mass is 35.5. The third-order valence-electron chi connectivity index (χ3n) is 4.10. The Morgan fingerprint density at radius 1 is 1.50 bits per heavy atom. The highest BCUT2D eigenvalue weighted by Gasteiger charge is 2.27. The second-order valence-corrected chi connectivity index (χ2v) is 5.94. The molecule has 1 atom stereocenters. The number of likely N-dealkylation sites (tertiary alicyclic amines) is 1. The number of hydrogen-bond acceptors (Lipinski definition) is 5. The minimum Gasteiger partial charge on any atom is -0.383 e. The molecule has 7 nitrogen and oxygen atoms in total. The second-order valence-electron chi connectivity index (χ2n) is 5.56. The Hall–Kier alpha value is -1.89. The van der Waals surface area contributed by atoms with Gasteiger partial charge in [0.15, 0.2) is 5.65 Å². The molecule has 0 unspecified atom stereocenters. The normalized spacial score (nSPS) is 18.8. The summed E-state index contributed by atoms with van der Waals surface area (Å²) in [6.07, 6.45) is 3.74. The zero-order chi connectivity index (χ0) is 15.7. The summed E-state index contributed by atoms with van der Waals surface area (Å²) >= 11 is 5.67. The van der Waals surface area contributed by atoms with Gasteiger partial charge >= 0.3 is 0 Å². The van der Waals surface area contributed by atoms with E-state index in [1.165, 1.54) is 6.33 Å². The van der Waals surface area contributed by atoms with Crippen LogP contribution in [0.25, 0.3) is 11.0 Å². The molecular formula is C14H19ClN6O. The molecule has 3 heterocycles. The third kappa shape index (κ3) is 2.61. The lowest BCUT2D eigenvalue weighted by Gasteiger charge is -2.33. The number of rotatable bonds is 3. The molecule has 0 aromatic carbocycles. The summed E-state index contributed by atoms with van der Waals surface area (Å²) in [4.78, 5) is 22.3. The zero-order valence-electron chi connectivity index (χ0n) is 12.5. The van der Waals surface area contributed by atoms with Crippen LogP contribution in [0.3, 0.4) is 0 Å². The summed E-state index contributed by atoms with van der Waals surface area (Å²) in [5.41, 5.74) is 7.49. The molecule has 0 spiro atoms. The van der Waals surface area contributed by atoms with Crippen LogP contribution in [0.4, 0.5) is 5.82 Å². The molecule has 1 aliphatic rings. The van der Waals surface area contributed by atoms with E-state index < -0.39 is 0 Å². The van der Waals surface area contributed by atoms with Gasteiger partial charge in [0.2, 0.25) is 5.91 Å². The largest absolute Gasteiger partial charge is 0.383 e. The van der Waals surface area contributed by atoms with Crippen molar-refractivity contribution in [3.63, 3.8) is 0 Å². The van der Waals surface area contributed by atoms with Crippen molar-refractivity contribution in [3.8, 4) is 0 Å². The van der Waals surface area contributed by atoms with E-state index in [9.17, 15) is 4.79 Å². The number of aromatic nitrogens is 4. The first-order valence-corrected chi connectivity index (χ1v) is 7.94. The highest BCUT2D eigenvalue weighted by molar-refractivity contribution is 6.18. The van der Waals surface area contributed by atoms with Gasteiger partial charge in [-0.05, 0) is 19.8 Å². The third-order valence-corrected chi connectivity index (χ3v) is 4.29. The predicted molar refractivity (Wildman–Crippen MR) is 84.7 cm³/mol. The lowest BCUT2D eigenvalue weighted by molar-refractivity contribution is -0.132. The number of carbonyl (C=O) groups excluding carboxylic acids is 1. The fourth-order valence-corrected chi connectivity index (χ4v) is 3.21. The number of aryl methyl sites for hydroxylation is 1. The Bertz CT molecular complexity index is 700. The first-order chi connectivity index (χ1) is 10.6. The number of fused-ring (bicyclic) bond motifs is 1. The number of carbonyl (C=O) groups is 1.